The molecule has 5 aliphatic rings. The molecule has 4 saturated heterocycles. The quantitative estimate of drug-likeness (QED) is 0.122. The first-order chi connectivity index (χ1) is 20.0. The number of likely N-dealkylation sites (tertiary alicyclic amines) is 2. The summed E-state index contributed by atoms with van der Waals surface area (Å²) >= 11 is 1.43. The maximum absolute atomic E-state index is 13.4. The molecule has 0 saturated carbocycles. The van der Waals surface area contributed by atoms with Crippen LogP contribution in [0.3, 0.4) is 0 Å². The van der Waals surface area contributed by atoms with Crippen molar-refractivity contribution in [3.05, 3.63) is 16.9 Å². The number of carbonyl (C=O) groups is 4. The molecule has 0 aliphatic carbocycles. The Bertz CT molecular complexity index is 1340. The Balaban J connectivity index is 1.08. The van der Waals surface area contributed by atoms with Crippen LogP contribution in [0.4, 0.5) is 0 Å². The predicted molar refractivity (Wildman–Crippen MR) is 148 cm³/mol. The van der Waals surface area contributed by atoms with Gasteiger partial charge in [0.2, 0.25) is 17.7 Å². The number of fused-ring (bicyclic) bond motifs is 2. The highest BCUT2D eigenvalue weighted by Crippen LogP contribution is 2.52. The highest BCUT2D eigenvalue weighted by atomic mass is 32.2. The number of carbonyl (C=O) groups excluding carboxylic acids is 3. The van der Waals surface area contributed by atoms with Gasteiger partial charge in [0.05, 0.1) is 24.0 Å². The summed E-state index contributed by atoms with van der Waals surface area (Å²) in [6.45, 7) is 6.06. The fraction of sp³-hybridized carbons (Fsp3) is 0.680. The summed E-state index contributed by atoms with van der Waals surface area (Å²) < 4.78 is 1.28. The van der Waals surface area contributed by atoms with Gasteiger partial charge in [-0.2, -0.15) is 0 Å². The largest absolute Gasteiger partial charge is 0.477 e. The van der Waals surface area contributed by atoms with Gasteiger partial charge >= 0.3 is 5.97 Å². The summed E-state index contributed by atoms with van der Waals surface area (Å²) in [5, 5.41) is 34.7. The lowest BCUT2D eigenvalue weighted by atomic mass is 9.78. The van der Waals surface area contributed by atoms with Gasteiger partial charge < -0.3 is 36.2 Å². The van der Waals surface area contributed by atoms with Gasteiger partial charge in [-0.15, -0.1) is 16.9 Å². The number of nitrogens with two attached hydrogens (primary N) is 1. The standard InChI is InChI=1S/C25H35N11O5S/c1-11-19-18(12(2)30-17(37)9-34-10-29-31-32-34)23(39)36(19)20(24(40)41)21(11)42-14-5-15(28-6-14)22(38)33-7-13-3-4-35(25(26)27)16(13)8-33/h10-16,18-19,28H,3-9H2,1-2H3,(H3,26,27)(H,30,37)(H,40,41)/t11-,12-,13?,14+,15+,16?,18-,19-/m1/s1. The van der Waals surface area contributed by atoms with Crippen LogP contribution in [0.1, 0.15) is 26.7 Å². The Labute approximate surface area is 245 Å². The summed E-state index contributed by atoms with van der Waals surface area (Å²) in [6.07, 6.45) is 2.77. The first-order valence-electron chi connectivity index (χ1n) is 14.1. The third-order valence-electron chi connectivity index (χ3n) is 9.27. The molecule has 1 aromatic heterocycles. The van der Waals surface area contributed by atoms with Gasteiger partial charge in [-0.3, -0.25) is 19.8 Å². The second-order valence-corrected chi connectivity index (χ2v) is 13.1. The lowest BCUT2D eigenvalue weighted by molar-refractivity contribution is -0.158. The summed E-state index contributed by atoms with van der Waals surface area (Å²) in [6, 6.07) is -1.19. The van der Waals surface area contributed by atoms with E-state index in [2.05, 4.69) is 26.2 Å². The molecule has 16 nitrogen and oxygen atoms in total. The van der Waals surface area contributed by atoms with E-state index in [-0.39, 0.29) is 65.2 Å². The zero-order valence-electron chi connectivity index (χ0n) is 23.3. The Morgan fingerprint density at radius 2 is 2.12 bits per heavy atom. The molecule has 226 valence electrons. The van der Waals surface area contributed by atoms with Crippen molar-refractivity contribution in [1.82, 2.24) is 45.5 Å². The third-order valence-corrected chi connectivity index (χ3v) is 10.8. The second-order valence-electron chi connectivity index (χ2n) is 11.8. The van der Waals surface area contributed by atoms with Crippen molar-refractivity contribution in [3.8, 4) is 0 Å². The molecular weight excluding hydrogens is 566 g/mol. The summed E-state index contributed by atoms with van der Waals surface area (Å²) in [4.78, 5) is 57.1. The molecule has 1 aromatic rings. The SMILES string of the molecule is C[C@@H](NC(=O)Cn1cnnn1)[C@H]1C(=O)N2C(C(=O)O)=C(S[C@@H]3CN[C@H](C(=O)N4CC5CCN(C(=N)N)C5C4)C3)[C@H](C)[C@H]12. The van der Waals surface area contributed by atoms with Crippen molar-refractivity contribution < 1.29 is 24.3 Å². The molecule has 3 amide bonds. The van der Waals surface area contributed by atoms with Crippen LogP contribution in [0.5, 0.6) is 0 Å². The van der Waals surface area contributed by atoms with Crippen LogP contribution in [0, 0.1) is 23.2 Å². The van der Waals surface area contributed by atoms with Crippen molar-refractivity contribution in [2.75, 3.05) is 26.2 Å². The van der Waals surface area contributed by atoms with E-state index in [9.17, 15) is 24.3 Å². The van der Waals surface area contributed by atoms with E-state index in [0.29, 0.717) is 36.9 Å². The van der Waals surface area contributed by atoms with Crippen LogP contribution in [0.2, 0.25) is 0 Å². The van der Waals surface area contributed by atoms with E-state index in [1.165, 1.54) is 27.7 Å². The number of β-lactam (4-membered cyclic amide) rings is 1. The number of thioether (sulfide) groups is 1. The van der Waals surface area contributed by atoms with Gasteiger partial charge in [0.25, 0.3) is 0 Å². The minimum absolute atomic E-state index is 0.00237. The smallest absolute Gasteiger partial charge is 0.353 e. The van der Waals surface area contributed by atoms with Gasteiger partial charge in [-0.25, -0.2) is 9.48 Å². The number of carboxylic acids is 1. The monoisotopic (exact) mass is 601 g/mol. The maximum Gasteiger partial charge on any atom is 0.353 e. The predicted octanol–water partition coefficient (Wildman–Crippen LogP) is -2.16. The topological polar surface area (TPSA) is 216 Å². The lowest BCUT2D eigenvalue weighted by Gasteiger charge is -2.47. The molecule has 4 fully saturated rings. The zero-order valence-corrected chi connectivity index (χ0v) is 24.2. The fourth-order valence-corrected chi connectivity index (χ4v) is 8.79. The molecule has 17 heteroatoms. The van der Waals surface area contributed by atoms with Crippen molar-refractivity contribution in [2.24, 2.45) is 23.5 Å². The van der Waals surface area contributed by atoms with Crippen molar-refractivity contribution >= 4 is 41.4 Å². The number of guanidine groups is 1. The Kier molecular flexibility index (Phi) is 7.32. The summed E-state index contributed by atoms with van der Waals surface area (Å²) in [7, 11) is 0. The van der Waals surface area contributed by atoms with Crippen molar-refractivity contribution in [3.63, 3.8) is 0 Å². The Morgan fingerprint density at radius 3 is 2.81 bits per heavy atom. The number of tetrazole rings is 1. The molecule has 0 spiro atoms. The molecule has 0 radical (unpaired) electrons. The number of aromatic nitrogens is 4. The molecule has 6 rings (SSSR count). The molecule has 6 N–H and O–H groups in total. The van der Waals surface area contributed by atoms with E-state index in [1.807, 2.05) is 16.7 Å². The minimum Gasteiger partial charge on any atom is -0.477 e. The van der Waals surface area contributed by atoms with Crippen LogP contribution in [-0.2, 0) is 25.7 Å². The Hall–Kier alpha value is -3.73. The van der Waals surface area contributed by atoms with E-state index >= 15 is 0 Å². The van der Waals surface area contributed by atoms with Crippen LogP contribution in [0.25, 0.3) is 0 Å². The zero-order chi connectivity index (χ0) is 29.9. The average molecular weight is 602 g/mol. The van der Waals surface area contributed by atoms with Gasteiger partial charge in [0.15, 0.2) is 5.96 Å². The number of nitrogens with zero attached hydrogens (tertiary/aromatic N) is 7. The molecule has 5 aliphatic heterocycles. The van der Waals surface area contributed by atoms with E-state index in [0.717, 1.165) is 13.0 Å². The number of amides is 3. The lowest BCUT2D eigenvalue weighted by Crippen LogP contribution is -2.66. The molecule has 2 unspecified atom stereocenters. The Morgan fingerprint density at radius 1 is 1.33 bits per heavy atom. The van der Waals surface area contributed by atoms with Crippen LogP contribution in [-0.4, -0.2) is 125 Å². The highest BCUT2D eigenvalue weighted by molar-refractivity contribution is 8.03. The number of rotatable bonds is 8. The first-order valence-corrected chi connectivity index (χ1v) is 15.0. The maximum atomic E-state index is 13.4. The normalized spacial score (nSPS) is 32.6. The number of hydrogen-bond donors (Lipinski definition) is 5. The van der Waals surface area contributed by atoms with Crippen molar-refractivity contribution in [2.45, 2.75) is 62.7 Å². The van der Waals surface area contributed by atoms with E-state index in [4.69, 9.17) is 11.1 Å². The first kappa shape index (κ1) is 28.4. The fourth-order valence-electron chi connectivity index (χ4n) is 7.31. The summed E-state index contributed by atoms with van der Waals surface area (Å²) in [5.41, 5.74) is 5.73. The van der Waals surface area contributed by atoms with Crippen LogP contribution >= 0.6 is 11.8 Å². The number of carboxylic acid groups (broad SMARTS) is 1. The highest BCUT2D eigenvalue weighted by Gasteiger charge is 2.60. The van der Waals surface area contributed by atoms with Gasteiger partial charge in [-0.05, 0) is 30.2 Å². The minimum atomic E-state index is -1.16. The molecule has 8 atom stereocenters. The molecule has 0 bridgehead atoms. The third kappa shape index (κ3) is 4.77. The number of nitrogens with one attached hydrogen (secondary N) is 3. The van der Waals surface area contributed by atoms with Gasteiger partial charge in [0, 0.05) is 54.2 Å². The molecule has 6 heterocycles. The molecule has 0 aromatic carbocycles. The van der Waals surface area contributed by atoms with Gasteiger partial charge in [0.1, 0.15) is 18.6 Å². The van der Waals surface area contributed by atoms with Crippen molar-refractivity contribution in [1.29, 1.82) is 5.41 Å². The van der Waals surface area contributed by atoms with Crippen LogP contribution in [0.15, 0.2) is 16.9 Å². The molecule has 42 heavy (non-hydrogen) atoms. The van der Waals surface area contributed by atoms with Gasteiger partial charge in [-0.1, -0.05) is 6.92 Å². The second kappa shape index (κ2) is 10.8. The number of hydrogen-bond acceptors (Lipinski definition) is 10. The number of aliphatic carboxylic acids is 1. The molecular formula is C25H35N11O5S. The summed E-state index contributed by atoms with van der Waals surface area (Å²) in [5.74, 6) is -2.26. The van der Waals surface area contributed by atoms with E-state index < -0.39 is 17.9 Å². The average Bonchev–Trinajstić information content (AvgIpc) is 3.74. The van der Waals surface area contributed by atoms with E-state index in [1.54, 1.807) is 6.92 Å². The van der Waals surface area contributed by atoms with Crippen LogP contribution < -0.4 is 16.4 Å².